The van der Waals surface area contributed by atoms with Gasteiger partial charge in [-0.25, -0.2) is 0 Å². The lowest BCUT2D eigenvalue weighted by Gasteiger charge is -2.40. The second-order valence-electron chi connectivity index (χ2n) is 14.0. The number of hydrogen-bond donors (Lipinski definition) is 0. The molecule has 1 saturated heterocycles. The number of methoxy groups -OCH3 is 7. The number of benzene rings is 3. The molecule has 1 fully saturated rings. The molecule has 0 aliphatic carbocycles. The number of rotatable bonds is 18. The molecule has 0 saturated carbocycles. The molecule has 0 radical (unpaired) electrons. The third-order valence-electron chi connectivity index (χ3n) is 10.4. The van der Waals surface area contributed by atoms with Gasteiger partial charge in [-0.2, -0.15) is 0 Å². The van der Waals surface area contributed by atoms with Gasteiger partial charge in [0.2, 0.25) is 5.75 Å². The zero-order chi connectivity index (χ0) is 40.9. The Labute approximate surface area is 339 Å². The Morgan fingerprint density at radius 3 is 1.96 bits per heavy atom. The molecule has 0 N–H and O–H groups in total. The maximum Gasteiger partial charge on any atom is 0.203 e. The highest BCUT2D eigenvalue weighted by molar-refractivity contribution is 5.77. The van der Waals surface area contributed by atoms with Gasteiger partial charge in [0.25, 0.3) is 0 Å². The fourth-order valence-electron chi connectivity index (χ4n) is 7.55. The number of hydrogen-bond acceptors (Lipinski definition) is 10. The van der Waals surface area contributed by atoms with Gasteiger partial charge in [-0.1, -0.05) is 31.2 Å². The summed E-state index contributed by atoms with van der Waals surface area (Å²) in [7, 11) is 11.6. The van der Waals surface area contributed by atoms with Gasteiger partial charge in [-0.15, -0.1) is 0 Å². The number of ether oxygens (including phenoxy) is 7. The number of aromatic nitrogens is 1. The molecule has 0 bridgehead atoms. The van der Waals surface area contributed by atoms with Crippen molar-refractivity contribution in [2.75, 3.05) is 74.3 Å². The van der Waals surface area contributed by atoms with Crippen molar-refractivity contribution in [3.05, 3.63) is 107 Å². The van der Waals surface area contributed by atoms with E-state index >= 15 is 0 Å². The molecule has 1 aliphatic heterocycles. The normalized spacial score (nSPS) is 14.1. The van der Waals surface area contributed by atoms with Crippen LogP contribution in [0.1, 0.15) is 49.8 Å². The average Bonchev–Trinajstić information content (AvgIpc) is 3.24. The van der Waals surface area contributed by atoms with E-state index in [1.165, 1.54) is 11.1 Å². The van der Waals surface area contributed by atoms with E-state index in [0.717, 1.165) is 95.5 Å². The minimum absolute atomic E-state index is 0.273. The van der Waals surface area contributed by atoms with Gasteiger partial charge < -0.3 is 38.1 Å². The van der Waals surface area contributed by atoms with E-state index in [1.807, 2.05) is 24.4 Å². The molecule has 1 aromatic heterocycles. The highest BCUT2D eigenvalue weighted by Crippen LogP contribution is 2.41. The maximum atomic E-state index is 5.73. The predicted octanol–water partition coefficient (Wildman–Crippen LogP) is 9.58. The fraction of sp³-hybridized carbons (Fsp3) is 0.383. The summed E-state index contributed by atoms with van der Waals surface area (Å²) in [4.78, 5) is 9.79. The second-order valence-corrected chi connectivity index (χ2v) is 14.0. The lowest BCUT2D eigenvalue weighted by molar-refractivity contribution is 0.224. The number of allylic oxidation sites excluding steroid dienone is 4. The number of nitrogens with zero attached hydrogens (tertiary/aromatic N) is 3. The van der Waals surface area contributed by atoms with Crippen LogP contribution < -0.4 is 38.1 Å². The van der Waals surface area contributed by atoms with Gasteiger partial charge in [-0.05, 0) is 97.3 Å². The lowest BCUT2D eigenvalue weighted by Crippen LogP contribution is -2.45. The van der Waals surface area contributed by atoms with Gasteiger partial charge in [0, 0.05) is 67.9 Å². The van der Waals surface area contributed by atoms with Gasteiger partial charge in [0.05, 0.1) is 55.5 Å². The van der Waals surface area contributed by atoms with E-state index in [1.54, 1.807) is 49.8 Å². The summed E-state index contributed by atoms with van der Waals surface area (Å²) in [6.07, 6.45) is 13.7. The van der Waals surface area contributed by atoms with Crippen molar-refractivity contribution >= 4 is 11.3 Å². The molecule has 10 heteroatoms. The molecule has 5 rings (SSSR count). The van der Waals surface area contributed by atoms with E-state index < -0.39 is 0 Å². The van der Waals surface area contributed by atoms with Crippen LogP contribution >= 0.6 is 0 Å². The van der Waals surface area contributed by atoms with Crippen LogP contribution in [0, 0.1) is 6.92 Å². The number of likely N-dealkylation sites (tertiary alicyclic amines) is 1. The first-order chi connectivity index (χ1) is 27.7. The lowest BCUT2D eigenvalue weighted by atomic mass is 9.97. The van der Waals surface area contributed by atoms with Crippen LogP contribution in [0.4, 0.5) is 5.69 Å². The summed E-state index contributed by atoms with van der Waals surface area (Å²) in [5.41, 5.74) is 8.44. The van der Waals surface area contributed by atoms with Crippen LogP contribution in [-0.4, -0.2) is 85.3 Å². The van der Waals surface area contributed by atoms with Crippen LogP contribution in [0.3, 0.4) is 0 Å². The summed E-state index contributed by atoms with van der Waals surface area (Å²) in [6.45, 7) is 9.73. The van der Waals surface area contributed by atoms with Crippen LogP contribution in [0.2, 0.25) is 0 Å². The Kier molecular flexibility index (Phi) is 15.3. The molecule has 2 heterocycles. The van der Waals surface area contributed by atoms with Crippen LogP contribution in [0.15, 0.2) is 90.7 Å². The zero-order valence-corrected chi connectivity index (χ0v) is 35.3. The second kappa shape index (κ2) is 20.5. The number of anilines is 1. The van der Waals surface area contributed by atoms with Gasteiger partial charge >= 0.3 is 0 Å². The predicted molar refractivity (Wildman–Crippen MR) is 230 cm³/mol. The highest BCUT2D eigenvalue weighted by Gasteiger charge is 2.27. The minimum Gasteiger partial charge on any atom is -0.497 e. The van der Waals surface area contributed by atoms with Crippen molar-refractivity contribution in [3.63, 3.8) is 0 Å². The quantitative estimate of drug-likeness (QED) is 0.0912. The average molecular weight is 778 g/mol. The van der Waals surface area contributed by atoms with Crippen molar-refractivity contribution in [2.45, 2.75) is 52.6 Å². The first-order valence-corrected chi connectivity index (χ1v) is 19.5. The monoisotopic (exact) mass is 777 g/mol. The third kappa shape index (κ3) is 10.4. The molecule has 57 heavy (non-hydrogen) atoms. The number of aryl methyl sites for hydroxylation is 1. The Morgan fingerprint density at radius 1 is 0.772 bits per heavy atom. The van der Waals surface area contributed by atoms with Crippen molar-refractivity contribution in [1.82, 2.24) is 9.88 Å². The summed E-state index contributed by atoms with van der Waals surface area (Å²) >= 11 is 0. The Bertz CT molecular complexity index is 2000. The molecular weight excluding hydrogens is 719 g/mol. The summed E-state index contributed by atoms with van der Waals surface area (Å²) in [5.74, 6) is 4.71. The first kappa shape index (κ1) is 42.5. The van der Waals surface area contributed by atoms with Gasteiger partial charge in [0.1, 0.15) is 11.5 Å². The standard InChI is InChI=1S/C47H59N3O7/c1-11-13-33(22-35(14-12-2)36-21-32(3)46(56-9)43(24-36)53-6)30-49-19-16-38(17-20-49)50(39-27-40(51-4)29-41(28-39)52-5)31-34-15-18-48-42(23-34)37-25-44(54-7)47(57-10)45(26-37)55-8/h11,13-15,18,21-29,38H,12,16-17,19-20,30-31H2,1-10H3/b13-11-,33-22+,35-14-. The fourth-order valence-corrected chi connectivity index (χ4v) is 7.55. The SMILES string of the molecule is C\C=C/C(=C\C(=C\CC)c1cc(C)c(OC)c(OC)c1)CN1CCC(N(Cc2ccnc(-c3cc(OC)c(OC)c(OC)c3)c2)c2cc(OC)cc(OC)c2)CC1. The van der Waals surface area contributed by atoms with Crippen molar-refractivity contribution in [1.29, 1.82) is 0 Å². The molecule has 0 spiro atoms. The molecule has 0 unspecified atom stereocenters. The number of piperidine rings is 1. The molecule has 10 nitrogen and oxygen atoms in total. The first-order valence-electron chi connectivity index (χ1n) is 19.5. The maximum absolute atomic E-state index is 5.73. The van der Waals surface area contributed by atoms with E-state index in [4.69, 9.17) is 38.1 Å². The van der Waals surface area contributed by atoms with Crippen molar-refractivity contribution in [2.24, 2.45) is 0 Å². The van der Waals surface area contributed by atoms with E-state index in [-0.39, 0.29) is 6.04 Å². The van der Waals surface area contributed by atoms with Crippen LogP contribution in [-0.2, 0) is 6.54 Å². The van der Waals surface area contributed by atoms with Gasteiger partial charge in [-0.3, -0.25) is 9.88 Å². The molecule has 4 aromatic rings. The Morgan fingerprint density at radius 2 is 1.40 bits per heavy atom. The largest absolute Gasteiger partial charge is 0.497 e. The topological polar surface area (TPSA) is 84.0 Å². The Balaban J connectivity index is 1.41. The summed E-state index contributed by atoms with van der Waals surface area (Å²) in [5, 5.41) is 0. The molecule has 304 valence electrons. The molecule has 0 amide bonds. The highest BCUT2D eigenvalue weighted by atomic mass is 16.5. The minimum atomic E-state index is 0.273. The summed E-state index contributed by atoms with van der Waals surface area (Å²) < 4.78 is 39.7. The smallest absolute Gasteiger partial charge is 0.203 e. The van der Waals surface area contributed by atoms with E-state index in [9.17, 15) is 0 Å². The van der Waals surface area contributed by atoms with Gasteiger partial charge in [0.15, 0.2) is 23.0 Å². The van der Waals surface area contributed by atoms with E-state index in [0.29, 0.717) is 23.8 Å². The molecular formula is C47H59N3O7. The molecule has 3 aromatic carbocycles. The zero-order valence-electron chi connectivity index (χ0n) is 35.3. The van der Waals surface area contributed by atoms with E-state index in [2.05, 4.69) is 91.3 Å². The van der Waals surface area contributed by atoms with Crippen LogP contribution in [0.25, 0.3) is 16.8 Å². The van der Waals surface area contributed by atoms with Crippen molar-refractivity contribution < 1.29 is 33.2 Å². The van der Waals surface area contributed by atoms with Crippen LogP contribution in [0.5, 0.6) is 40.2 Å². The van der Waals surface area contributed by atoms with Crippen molar-refractivity contribution in [3.8, 4) is 51.5 Å². The molecule has 0 atom stereocenters. The Hall–Kier alpha value is -5.61. The summed E-state index contributed by atoms with van der Waals surface area (Å²) in [6, 6.07) is 18.7. The number of pyridine rings is 1. The third-order valence-corrected chi connectivity index (χ3v) is 10.4. The molecule has 1 aliphatic rings.